The summed E-state index contributed by atoms with van der Waals surface area (Å²) in [6.07, 6.45) is 0. The summed E-state index contributed by atoms with van der Waals surface area (Å²) in [7, 11) is 0. The van der Waals surface area contributed by atoms with Gasteiger partial charge in [-0.3, -0.25) is 4.79 Å². The first-order chi connectivity index (χ1) is 8.20. The molecule has 2 aromatic rings. The summed E-state index contributed by atoms with van der Waals surface area (Å²) in [5.74, 6) is 0.693. The van der Waals surface area contributed by atoms with Crippen molar-refractivity contribution in [3.8, 4) is 0 Å². The number of amides is 1. The maximum Gasteiger partial charge on any atom is 0.287 e. The molecule has 5 heteroatoms. The summed E-state index contributed by atoms with van der Waals surface area (Å²) in [4.78, 5) is 13.0. The van der Waals surface area contributed by atoms with Crippen LogP contribution in [0.4, 0.5) is 0 Å². The van der Waals surface area contributed by atoms with Crippen LogP contribution < -0.4 is 11.1 Å². The van der Waals surface area contributed by atoms with E-state index < -0.39 is 0 Å². The minimum absolute atomic E-state index is 0.0195. The molecule has 17 heavy (non-hydrogen) atoms. The van der Waals surface area contributed by atoms with Crippen LogP contribution in [-0.2, 0) is 6.54 Å². The molecule has 0 bridgehead atoms. The normalized spacial score (nSPS) is 12.4. The van der Waals surface area contributed by atoms with Gasteiger partial charge in [-0.15, -0.1) is 11.3 Å². The molecule has 3 N–H and O–H groups in total. The van der Waals surface area contributed by atoms with E-state index in [1.165, 1.54) is 0 Å². The molecule has 1 amide bonds. The van der Waals surface area contributed by atoms with Crippen LogP contribution in [0.2, 0.25) is 0 Å². The van der Waals surface area contributed by atoms with Gasteiger partial charge in [0.05, 0.1) is 12.6 Å². The zero-order valence-corrected chi connectivity index (χ0v) is 10.3. The molecular weight excluding hydrogens is 236 g/mol. The average molecular weight is 250 g/mol. The predicted octanol–water partition coefficient (Wildman–Crippen LogP) is 2.29. The van der Waals surface area contributed by atoms with Gasteiger partial charge in [0.15, 0.2) is 5.76 Å². The highest BCUT2D eigenvalue weighted by molar-refractivity contribution is 7.10. The molecule has 0 aliphatic heterocycles. The van der Waals surface area contributed by atoms with Gasteiger partial charge in [0.2, 0.25) is 0 Å². The summed E-state index contributed by atoms with van der Waals surface area (Å²) in [6, 6.07) is 7.28. The molecule has 2 heterocycles. The molecule has 1 unspecified atom stereocenters. The number of hydrogen-bond donors (Lipinski definition) is 2. The second-order valence-corrected chi connectivity index (χ2v) is 4.66. The Bertz CT molecular complexity index is 490. The van der Waals surface area contributed by atoms with Gasteiger partial charge in [-0.1, -0.05) is 6.07 Å². The number of furan rings is 1. The second-order valence-electron chi connectivity index (χ2n) is 3.68. The zero-order chi connectivity index (χ0) is 12.3. The highest BCUT2D eigenvalue weighted by Crippen LogP contribution is 2.18. The smallest absolute Gasteiger partial charge is 0.287 e. The van der Waals surface area contributed by atoms with Crippen molar-refractivity contribution in [3.05, 3.63) is 46.0 Å². The van der Waals surface area contributed by atoms with Crippen LogP contribution in [0.5, 0.6) is 0 Å². The Morgan fingerprint density at radius 3 is 2.94 bits per heavy atom. The van der Waals surface area contributed by atoms with Crippen LogP contribution in [-0.4, -0.2) is 5.91 Å². The Morgan fingerprint density at radius 2 is 2.35 bits per heavy atom. The van der Waals surface area contributed by atoms with E-state index in [9.17, 15) is 4.79 Å². The second kappa shape index (κ2) is 5.16. The van der Waals surface area contributed by atoms with E-state index in [1.54, 1.807) is 23.5 Å². The lowest BCUT2D eigenvalue weighted by atomic mass is 10.2. The Labute approximate surface area is 103 Å². The summed E-state index contributed by atoms with van der Waals surface area (Å²) >= 11 is 1.61. The van der Waals surface area contributed by atoms with Crippen LogP contribution in [0.25, 0.3) is 0 Å². The molecule has 0 fully saturated rings. The van der Waals surface area contributed by atoms with Crippen LogP contribution in [0.15, 0.2) is 34.1 Å². The molecule has 4 nitrogen and oxygen atoms in total. The quantitative estimate of drug-likeness (QED) is 0.874. The topological polar surface area (TPSA) is 68.3 Å². The van der Waals surface area contributed by atoms with Crippen molar-refractivity contribution in [1.29, 1.82) is 0 Å². The van der Waals surface area contributed by atoms with E-state index in [-0.39, 0.29) is 11.9 Å². The highest BCUT2D eigenvalue weighted by atomic mass is 32.1. The number of hydrogen-bond acceptors (Lipinski definition) is 4. The molecule has 0 saturated carbocycles. The van der Waals surface area contributed by atoms with Crippen LogP contribution in [0.1, 0.15) is 34.2 Å². The number of thiophene rings is 1. The summed E-state index contributed by atoms with van der Waals surface area (Å²) in [6.45, 7) is 2.24. The molecule has 2 rings (SSSR count). The van der Waals surface area contributed by atoms with Crippen molar-refractivity contribution in [2.75, 3.05) is 0 Å². The van der Waals surface area contributed by atoms with Crippen LogP contribution in [0, 0.1) is 0 Å². The third-order valence-electron chi connectivity index (χ3n) is 2.40. The summed E-state index contributed by atoms with van der Waals surface area (Å²) < 4.78 is 5.28. The van der Waals surface area contributed by atoms with E-state index >= 15 is 0 Å². The maximum atomic E-state index is 11.8. The SMILES string of the molecule is CC(NC(=O)c1ccc(CN)o1)c1cccs1. The Balaban J connectivity index is 2.01. The van der Waals surface area contributed by atoms with Crippen LogP contribution in [0.3, 0.4) is 0 Å². The predicted molar refractivity (Wildman–Crippen MR) is 66.8 cm³/mol. The van der Waals surface area contributed by atoms with Gasteiger partial charge in [0, 0.05) is 4.88 Å². The van der Waals surface area contributed by atoms with E-state index in [1.807, 2.05) is 24.4 Å². The lowest BCUT2D eigenvalue weighted by molar-refractivity contribution is 0.0910. The van der Waals surface area contributed by atoms with Crippen molar-refractivity contribution in [3.63, 3.8) is 0 Å². The van der Waals surface area contributed by atoms with E-state index in [4.69, 9.17) is 10.2 Å². The average Bonchev–Trinajstić information content (AvgIpc) is 3.00. The Morgan fingerprint density at radius 1 is 1.53 bits per heavy atom. The van der Waals surface area contributed by atoms with E-state index in [0.717, 1.165) is 4.88 Å². The molecule has 2 aromatic heterocycles. The third-order valence-corrected chi connectivity index (χ3v) is 3.46. The standard InChI is InChI=1S/C12H14N2O2S/c1-8(11-3-2-6-17-11)14-12(15)10-5-4-9(7-13)16-10/h2-6,8H,7,13H2,1H3,(H,14,15). The Kier molecular flexibility index (Phi) is 3.61. The largest absolute Gasteiger partial charge is 0.455 e. The molecular formula is C12H14N2O2S. The number of nitrogens with one attached hydrogen (secondary N) is 1. The number of nitrogens with two attached hydrogens (primary N) is 1. The van der Waals surface area contributed by atoms with Crippen LogP contribution >= 0.6 is 11.3 Å². The fraction of sp³-hybridized carbons (Fsp3) is 0.250. The number of rotatable bonds is 4. The lowest BCUT2D eigenvalue weighted by Crippen LogP contribution is -2.25. The first-order valence-electron chi connectivity index (χ1n) is 5.33. The number of carbonyl (C=O) groups is 1. The van der Waals surface area contributed by atoms with Gasteiger partial charge in [0.25, 0.3) is 5.91 Å². The zero-order valence-electron chi connectivity index (χ0n) is 9.47. The summed E-state index contributed by atoms with van der Waals surface area (Å²) in [5.41, 5.74) is 5.42. The minimum Gasteiger partial charge on any atom is -0.455 e. The maximum absolute atomic E-state index is 11.8. The van der Waals surface area contributed by atoms with Gasteiger partial charge in [-0.25, -0.2) is 0 Å². The van der Waals surface area contributed by atoms with E-state index in [2.05, 4.69) is 5.32 Å². The van der Waals surface area contributed by atoms with Gasteiger partial charge < -0.3 is 15.5 Å². The third kappa shape index (κ3) is 2.75. The molecule has 90 valence electrons. The van der Waals surface area contributed by atoms with Gasteiger partial charge in [0.1, 0.15) is 5.76 Å². The molecule has 0 radical (unpaired) electrons. The molecule has 0 aromatic carbocycles. The first kappa shape index (κ1) is 11.9. The lowest BCUT2D eigenvalue weighted by Gasteiger charge is -2.10. The first-order valence-corrected chi connectivity index (χ1v) is 6.21. The van der Waals surface area contributed by atoms with Gasteiger partial charge in [-0.2, -0.15) is 0 Å². The molecule has 0 spiro atoms. The van der Waals surface area contributed by atoms with Crippen molar-refractivity contribution >= 4 is 17.2 Å². The van der Waals surface area contributed by atoms with Gasteiger partial charge >= 0.3 is 0 Å². The fourth-order valence-electron chi connectivity index (χ4n) is 1.49. The Hall–Kier alpha value is -1.59. The van der Waals surface area contributed by atoms with Gasteiger partial charge in [-0.05, 0) is 30.5 Å². The minimum atomic E-state index is -0.217. The summed E-state index contributed by atoms with van der Waals surface area (Å²) in [5, 5.41) is 4.86. The molecule has 1 atom stereocenters. The molecule has 0 aliphatic rings. The van der Waals surface area contributed by atoms with Crippen molar-refractivity contribution in [2.24, 2.45) is 5.73 Å². The fourth-order valence-corrected chi connectivity index (χ4v) is 2.22. The highest BCUT2D eigenvalue weighted by Gasteiger charge is 2.14. The monoisotopic (exact) mass is 250 g/mol. The van der Waals surface area contributed by atoms with Crippen molar-refractivity contribution in [2.45, 2.75) is 19.5 Å². The van der Waals surface area contributed by atoms with Crippen molar-refractivity contribution in [1.82, 2.24) is 5.32 Å². The molecule has 0 aliphatic carbocycles. The van der Waals surface area contributed by atoms with Crippen molar-refractivity contribution < 1.29 is 9.21 Å². The van der Waals surface area contributed by atoms with E-state index in [0.29, 0.717) is 18.1 Å². The molecule has 0 saturated heterocycles. The number of carbonyl (C=O) groups excluding carboxylic acids is 1.